The second-order valence-electron chi connectivity index (χ2n) is 0.312. The van der Waals surface area contributed by atoms with Crippen LogP contribution in [0.1, 0.15) is 0 Å². The minimum atomic E-state index is 0. The average Bonchev–Trinajstić information content (AvgIpc) is 1.37. The van der Waals surface area contributed by atoms with E-state index in [1.165, 1.54) is 7.11 Å². The van der Waals surface area contributed by atoms with Crippen molar-refractivity contribution in [2.45, 2.75) is 0 Å². The Morgan fingerprint density at radius 1 is 1.80 bits per heavy atom. The third kappa shape index (κ3) is 14.7. The van der Waals surface area contributed by atoms with Gasteiger partial charge < -0.3 is 4.84 Å². The molecule has 0 spiro atoms. The van der Waals surface area contributed by atoms with Crippen LogP contribution in [0.15, 0.2) is 5.16 Å². The molecule has 0 bridgehead atoms. The van der Waals surface area contributed by atoms with Gasteiger partial charge in [0.1, 0.15) is 7.11 Å². The molecule has 5 heavy (non-hydrogen) atoms. The van der Waals surface area contributed by atoms with Gasteiger partial charge in [0.2, 0.25) is 0 Å². The van der Waals surface area contributed by atoms with Crippen LogP contribution in [0.4, 0.5) is 0 Å². The predicted molar refractivity (Wildman–Crippen MR) is 16.6 cm³/mol. The molecular formula is C2H5NORe. The smallest absolute Gasteiger partial charge is 0.106 e. The molecule has 31 valence electrons. The van der Waals surface area contributed by atoms with Crippen LogP contribution in [0.5, 0.6) is 0 Å². The van der Waals surface area contributed by atoms with Crippen LogP contribution in [0.25, 0.3) is 0 Å². The van der Waals surface area contributed by atoms with E-state index in [1.54, 1.807) is 0 Å². The van der Waals surface area contributed by atoms with E-state index in [-0.39, 0.29) is 20.4 Å². The van der Waals surface area contributed by atoms with Crippen molar-refractivity contribution in [2.24, 2.45) is 5.16 Å². The van der Waals surface area contributed by atoms with Gasteiger partial charge in [-0.2, -0.15) is 0 Å². The fraction of sp³-hybridized carbons (Fsp3) is 0.500. The van der Waals surface area contributed by atoms with Crippen molar-refractivity contribution in [3.63, 3.8) is 0 Å². The fourth-order valence-electron chi connectivity index (χ4n) is 0. The Bertz CT molecular complexity index is 23.6. The zero-order valence-electron chi connectivity index (χ0n) is 2.94. The first kappa shape index (κ1) is 8.93. The first-order valence-corrected chi connectivity index (χ1v) is 0.907. The molecule has 0 saturated carbocycles. The monoisotopic (exact) mass is 246 g/mol. The van der Waals surface area contributed by atoms with Gasteiger partial charge in [0, 0.05) is 27.1 Å². The van der Waals surface area contributed by atoms with Gasteiger partial charge in [-0.1, -0.05) is 0 Å². The summed E-state index contributed by atoms with van der Waals surface area (Å²) in [5.74, 6) is 0. The summed E-state index contributed by atoms with van der Waals surface area (Å²) in [6.07, 6.45) is 0. The van der Waals surface area contributed by atoms with Crippen molar-refractivity contribution in [3.05, 3.63) is 0 Å². The first-order valence-electron chi connectivity index (χ1n) is 0.907. The van der Waals surface area contributed by atoms with Crippen LogP contribution in [-0.2, 0) is 25.3 Å². The van der Waals surface area contributed by atoms with E-state index in [4.69, 9.17) is 0 Å². The first-order chi connectivity index (χ1) is 1.91. The van der Waals surface area contributed by atoms with E-state index >= 15 is 0 Å². The van der Waals surface area contributed by atoms with Gasteiger partial charge in [0.15, 0.2) is 0 Å². The minimum Gasteiger partial charge on any atom is -0.400 e. The molecule has 0 heterocycles. The molecule has 0 aromatic rings. The van der Waals surface area contributed by atoms with Gasteiger partial charge in [0.25, 0.3) is 0 Å². The molecular weight excluding hydrogens is 240 g/mol. The Labute approximate surface area is 44.8 Å². The van der Waals surface area contributed by atoms with Crippen molar-refractivity contribution < 1.29 is 25.3 Å². The molecule has 0 rings (SSSR count). The summed E-state index contributed by atoms with van der Waals surface area (Å²) in [4.78, 5) is 4.06. The molecule has 0 aliphatic heterocycles. The van der Waals surface area contributed by atoms with Gasteiger partial charge >= 0.3 is 0 Å². The molecule has 0 N–H and O–H groups in total. The van der Waals surface area contributed by atoms with E-state index in [0.29, 0.717) is 0 Å². The number of hydrogen-bond donors (Lipinski definition) is 0. The topological polar surface area (TPSA) is 21.6 Å². The summed E-state index contributed by atoms with van der Waals surface area (Å²) in [6, 6.07) is 0. The normalized spacial score (nSPS) is 4.20. The molecule has 2 nitrogen and oxygen atoms in total. The Kier molecular flexibility index (Phi) is 15.9. The summed E-state index contributed by atoms with van der Waals surface area (Å²) in [6.45, 7) is 3.01. The Morgan fingerprint density at radius 2 is 2.00 bits per heavy atom. The summed E-state index contributed by atoms with van der Waals surface area (Å²) in [5.41, 5.74) is 0. The van der Waals surface area contributed by atoms with Crippen LogP contribution in [0.2, 0.25) is 0 Å². The van der Waals surface area contributed by atoms with Crippen LogP contribution in [-0.4, -0.2) is 13.8 Å². The van der Waals surface area contributed by atoms with E-state index in [2.05, 4.69) is 16.7 Å². The number of hydrogen-bond acceptors (Lipinski definition) is 2. The third-order valence-electron chi connectivity index (χ3n) is 0.129. The summed E-state index contributed by atoms with van der Waals surface area (Å²) < 4.78 is 0. The molecule has 1 radical (unpaired) electrons. The second-order valence-corrected chi connectivity index (χ2v) is 0.312. The largest absolute Gasteiger partial charge is 0.400 e. The van der Waals surface area contributed by atoms with E-state index in [9.17, 15) is 0 Å². The zero-order valence-corrected chi connectivity index (χ0v) is 5.66. The van der Waals surface area contributed by atoms with Gasteiger partial charge in [-0.15, -0.1) is 5.16 Å². The van der Waals surface area contributed by atoms with Gasteiger partial charge in [-0.05, 0) is 0 Å². The van der Waals surface area contributed by atoms with Crippen LogP contribution in [0, 0.1) is 0 Å². The number of oxime groups is 1. The molecule has 0 atom stereocenters. The van der Waals surface area contributed by atoms with Crippen molar-refractivity contribution in [1.82, 2.24) is 0 Å². The van der Waals surface area contributed by atoms with Crippen LogP contribution in [0.3, 0.4) is 0 Å². The SMILES string of the molecule is C=NOC.[Re]. The van der Waals surface area contributed by atoms with Crippen molar-refractivity contribution in [2.75, 3.05) is 7.11 Å². The Hall–Kier alpha value is 0.132. The molecule has 0 unspecified atom stereocenters. The van der Waals surface area contributed by atoms with Crippen molar-refractivity contribution in [1.29, 1.82) is 0 Å². The zero-order chi connectivity index (χ0) is 3.41. The molecule has 0 amide bonds. The fourth-order valence-corrected chi connectivity index (χ4v) is 0. The molecule has 0 aliphatic rings. The number of rotatable bonds is 1. The number of nitrogens with zero attached hydrogens (tertiary/aromatic N) is 1. The van der Waals surface area contributed by atoms with E-state index in [1.807, 2.05) is 0 Å². The maximum absolute atomic E-state index is 4.06. The maximum atomic E-state index is 4.06. The third-order valence-corrected chi connectivity index (χ3v) is 0.129. The quantitative estimate of drug-likeness (QED) is 0.479. The predicted octanol–water partition coefficient (Wildman–Crippen LogP) is 0.246. The molecule has 0 saturated heterocycles. The summed E-state index contributed by atoms with van der Waals surface area (Å²) in [7, 11) is 1.45. The molecule has 0 fully saturated rings. The maximum Gasteiger partial charge on any atom is 0.106 e. The minimum absolute atomic E-state index is 0. The Morgan fingerprint density at radius 3 is 2.00 bits per heavy atom. The Balaban J connectivity index is 0. The van der Waals surface area contributed by atoms with Gasteiger partial charge in [-0.25, -0.2) is 0 Å². The van der Waals surface area contributed by atoms with Crippen LogP contribution >= 0.6 is 0 Å². The molecule has 0 aromatic carbocycles. The van der Waals surface area contributed by atoms with Gasteiger partial charge in [-0.3, -0.25) is 0 Å². The van der Waals surface area contributed by atoms with Crippen molar-refractivity contribution in [3.8, 4) is 0 Å². The van der Waals surface area contributed by atoms with Crippen LogP contribution < -0.4 is 0 Å². The average molecular weight is 245 g/mol. The molecule has 0 aromatic heterocycles. The van der Waals surface area contributed by atoms with Gasteiger partial charge in [0.05, 0.1) is 0 Å². The van der Waals surface area contributed by atoms with E-state index in [0.717, 1.165) is 0 Å². The van der Waals surface area contributed by atoms with Crippen molar-refractivity contribution >= 4 is 6.72 Å². The summed E-state index contributed by atoms with van der Waals surface area (Å²) in [5, 5.41) is 2.99. The summed E-state index contributed by atoms with van der Waals surface area (Å²) >= 11 is 0. The molecule has 3 heteroatoms. The van der Waals surface area contributed by atoms with E-state index < -0.39 is 0 Å². The standard InChI is InChI=1S/C2H5NO.Re/c1-3-4-2;/h1H2,2H3;. The molecule has 0 aliphatic carbocycles. The second kappa shape index (κ2) is 8.92.